The van der Waals surface area contributed by atoms with Gasteiger partial charge in [0.05, 0.1) is 6.54 Å². The Morgan fingerprint density at radius 3 is 2.90 bits per heavy atom. The van der Waals surface area contributed by atoms with Gasteiger partial charge in [0.25, 0.3) is 0 Å². The van der Waals surface area contributed by atoms with E-state index in [2.05, 4.69) is 24.1 Å². The van der Waals surface area contributed by atoms with Crippen LogP contribution in [-0.2, 0) is 0 Å². The number of nitrogens with one attached hydrogen (secondary N) is 1. The molecule has 0 aromatic rings. The van der Waals surface area contributed by atoms with Gasteiger partial charge in [0, 0.05) is 17.3 Å². The summed E-state index contributed by atoms with van der Waals surface area (Å²) >= 11 is 1.96. The quantitative estimate of drug-likeness (QED) is 0.867. The Morgan fingerprint density at radius 2 is 2.15 bits per heavy atom. The summed E-state index contributed by atoms with van der Waals surface area (Å²) in [6, 6.07) is 0.692. The van der Waals surface area contributed by atoms with Crippen LogP contribution in [0.1, 0.15) is 52.4 Å². The largest absolute Gasteiger partial charge is 0.359 e. The molecule has 20 heavy (non-hydrogen) atoms. The highest BCUT2D eigenvalue weighted by molar-refractivity contribution is 8.14. The third kappa shape index (κ3) is 3.16. The van der Waals surface area contributed by atoms with Gasteiger partial charge in [-0.15, -0.1) is 0 Å². The molecule has 114 valence electrons. The maximum Gasteiger partial charge on any atom is 0.157 e. The second kappa shape index (κ2) is 6.27. The van der Waals surface area contributed by atoms with Crippen LogP contribution in [-0.4, -0.2) is 47.0 Å². The molecule has 0 radical (unpaired) electrons. The van der Waals surface area contributed by atoms with Gasteiger partial charge in [-0.2, -0.15) is 0 Å². The monoisotopic (exact) mass is 295 g/mol. The summed E-state index contributed by atoms with van der Waals surface area (Å²) in [7, 11) is 0. The highest BCUT2D eigenvalue weighted by Gasteiger charge is 2.39. The molecule has 0 bridgehead atoms. The average molecular weight is 295 g/mol. The zero-order chi connectivity index (χ0) is 14.0. The Hall–Kier alpha value is -0.220. The van der Waals surface area contributed by atoms with Crippen LogP contribution < -0.4 is 5.32 Å². The highest BCUT2D eigenvalue weighted by Crippen LogP contribution is 2.38. The molecule has 3 fully saturated rings. The fourth-order valence-corrected chi connectivity index (χ4v) is 5.11. The van der Waals surface area contributed by atoms with Crippen molar-refractivity contribution in [3.8, 4) is 0 Å². The van der Waals surface area contributed by atoms with Crippen molar-refractivity contribution in [3.05, 3.63) is 0 Å². The Bertz CT molecular complexity index is 361. The topological polar surface area (TPSA) is 27.6 Å². The Kier molecular flexibility index (Phi) is 4.61. The van der Waals surface area contributed by atoms with Gasteiger partial charge in [-0.05, 0) is 57.5 Å². The first-order valence-corrected chi connectivity index (χ1v) is 9.39. The normalized spacial score (nSPS) is 40.6. The van der Waals surface area contributed by atoms with Crippen molar-refractivity contribution in [1.29, 1.82) is 0 Å². The Balaban J connectivity index is 1.53. The summed E-state index contributed by atoms with van der Waals surface area (Å²) in [5.41, 5.74) is 0.385. The number of hydrogen-bond acceptors (Lipinski definition) is 3. The molecular weight excluding hydrogens is 266 g/mol. The number of hydrogen-bond donors (Lipinski definition) is 1. The molecule has 4 heteroatoms. The molecule has 2 aliphatic heterocycles. The van der Waals surface area contributed by atoms with E-state index in [1.54, 1.807) is 0 Å². The smallest absolute Gasteiger partial charge is 0.157 e. The molecule has 0 aromatic carbocycles. The predicted molar refractivity (Wildman–Crippen MR) is 88.5 cm³/mol. The molecule has 2 heterocycles. The lowest BCUT2D eigenvalue weighted by Gasteiger charge is -2.35. The number of aliphatic imine (C=N–C) groups is 1. The SMILES string of the molecule is CCN1CCCC1CN=C1NC2(CCC(C)CC2)CS1. The van der Waals surface area contributed by atoms with Crippen LogP contribution in [0, 0.1) is 5.92 Å². The van der Waals surface area contributed by atoms with E-state index in [1.807, 2.05) is 11.8 Å². The molecule has 2 saturated heterocycles. The maximum atomic E-state index is 4.90. The maximum absolute atomic E-state index is 4.90. The predicted octanol–water partition coefficient (Wildman–Crippen LogP) is 3.11. The third-order valence-corrected chi connectivity index (χ3v) is 6.64. The van der Waals surface area contributed by atoms with Crippen LogP contribution in [0.3, 0.4) is 0 Å². The fourth-order valence-electron chi connectivity index (χ4n) is 3.88. The molecule has 1 atom stereocenters. The van der Waals surface area contributed by atoms with Crippen LogP contribution in [0.5, 0.6) is 0 Å². The van der Waals surface area contributed by atoms with Crippen molar-refractivity contribution in [2.24, 2.45) is 10.9 Å². The second-order valence-electron chi connectivity index (χ2n) is 6.95. The van der Waals surface area contributed by atoms with Crippen LogP contribution in [0.15, 0.2) is 4.99 Å². The van der Waals surface area contributed by atoms with Crippen molar-refractivity contribution in [2.75, 3.05) is 25.4 Å². The molecule has 1 saturated carbocycles. The first kappa shape index (κ1) is 14.7. The van der Waals surface area contributed by atoms with Gasteiger partial charge in [-0.3, -0.25) is 9.89 Å². The molecule has 3 nitrogen and oxygen atoms in total. The molecule has 3 rings (SSSR count). The minimum absolute atomic E-state index is 0.385. The average Bonchev–Trinajstić information content (AvgIpc) is 3.07. The lowest BCUT2D eigenvalue weighted by Crippen LogP contribution is -2.46. The van der Waals surface area contributed by atoms with E-state index in [9.17, 15) is 0 Å². The summed E-state index contributed by atoms with van der Waals surface area (Å²) in [6.45, 7) is 8.11. The zero-order valence-electron chi connectivity index (χ0n) is 13.0. The number of likely N-dealkylation sites (N-methyl/N-ethyl adjacent to an activating group) is 1. The third-order valence-electron chi connectivity index (χ3n) is 5.44. The number of rotatable bonds is 3. The molecule has 3 aliphatic rings. The van der Waals surface area contributed by atoms with Crippen molar-refractivity contribution in [2.45, 2.75) is 64.0 Å². The highest BCUT2D eigenvalue weighted by atomic mass is 32.2. The van der Waals surface area contributed by atoms with E-state index in [1.165, 1.54) is 62.5 Å². The molecule has 1 unspecified atom stereocenters. The Morgan fingerprint density at radius 1 is 1.35 bits per heavy atom. The second-order valence-corrected chi connectivity index (χ2v) is 7.91. The van der Waals surface area contributed by atoms with Crippen molar-refractivity contribution < 1.29 is 0 Å². The fraction of sp³-hybridized carbons (Fsp3) is 0.938. The van der Waals surface area contributed by atoms with Gasteiger partial charge in [-0.1, -0.05) is 25.6 Å². The summed E-state index contributed by atoms with van der Waals surface area (Å²) in [5, 5.41) is 5.00. The molecule has 0 amide bonds. The summed E-state index contributed by atoms with van der Waals surface area (Å²) < 4.78 is 0. The van der Waals surface area contributed by atoms with E-state index in [-0.39, 0.29) is 0 Å². The van der Waals surface area contributed by atoms with E-state index < -0.39 is 0 Å². The molecule has 0 aromatic heterocycles. The van der Waals surface area contributed by atoms with Crippen LogP contribution in [0.2, 0.25) is 0 Å². The van der Waals surface area contributed by atoms with Gasteiger partial charge < -0.3 is 5.32 Å². The number of amidine groups is 1. The van der Waals surface area contributed by atoms with Crippen molar-refractivity contribution >= 4 is 16.9 Å². The van der Waals surface area contributed by atoms with Gasteiger partial charge in [0.15, 0.2) is 5.17 Å². The van der Waals surface area contributed by atoms with Crippen LogP contribution in [0.4, 0.5) is 0 Å². The lowest BCUT2D eigenvalue weighted by molar-refractivity contribution is 0.250. The first-order chi connectivity index (χ1) is 9.71. The minimum atomic E-state index is 0.385. The molecule has 1 aliphatic carbocycles. The van der Waals surface area contributed by atoms with Crippen molar-refractivity contribution in [1.82, 2.24) is 10.2 Å². The van der Waals surface area contributed by atoms with Gasteiger partial charge in [0.1, 0.15) is 0 Å². The van der Waals surface area contributed by atoms with E-state index in [0.29, 0.717) is 11.6 Å². The lowest BCUT2D eigenvalue weighted by atomic mass is 9.78. The zero-order valence-corrected chi connectivity index (χ0v) is 13.8. The van der Waals surface area contributed by atoms with Crippen LogP contribution >= 0.6 is 11.8 Å². The van der Waals surface area contributed by atoms with Gasteiger partial charge >= 0.3 is 0 Å². The van der Waals surface area contributed by atoms with Crippen LogP contribution in [0.25, 0.3) is 0 Å². The number of thioether (sulfide) groups is 1. The van der Waals surface area contributed by atoms with Gasteiger partial charge in [0.2, 0.25) is 0 Å². The molecule has 1 spiro atoms. The van der Waals surface area contributed by atoms with E-state index >= 15 is 0 Å². The van der Waals surface area contributed by atoms with E-state index in [0.717, 1.165) is 12.5 Å². The summed E-state index contributed by atoms with van der Waals surface area (Å²) in [5.74, 6) is 2.16. The number of nitrogens with zero attached hydrogens (tertiary/aromatic N) is 2. The van der Waals surface area contributed by atoms with Crippen molar-refractivity contribution in [3.63, 3.8) is 0 Å². The minimum Gasteiger partial charge on any atom is -0.359 e. The Labute approximate surface area is 128 Å². The standard InChI is InChI=1S/C16H29N3S/c1-3-19-10-4-5-14(19)11-17-15-18-16(12-20-15)8-6-13(2)7-9-16/h13-14H,3-12H2,1-2H3,(H,17,18). The number of likely N-dealkylation sites (tertiary alicyclic amines) is 1. The summed E-state index contributed by atoms with van der Waals surface area (Å²) in [4.78, 5) is 7.48. The molecular formula is C16H29N3S. The molecule has 1 N–H and O–H groups in total. The van der Waals surface area contributed by atoms with Gasteiger partial charge in [-0.25, -0.2) is 0 Å². The first-order valence-electron chi connectivity index (χ1n) is 8.40. The summed E-state index contributed by atoms with van der Waals surface area (Å²) in [6.07, 6.45) is 8.12. The van der Waals surface area contributed by atoms with E-state index in [4.69, 9.17) is 4.99 Å².